The summed E-state index contributed by atoms with van der Waals surface area (Å²) < 4.78 is 1.71. The number of urea groups is 1. The molecule has 0 aliphatic carbocycles. The van der Waals surface area contributed by atoms with Crippen LogP contribution in [0.4, 0.5) is 10.7 Å². The van der Waals surface area contributed by atoms with Gasteiger partial charge in [-0.25, -0.2) is 4.79 Å². The Morgan fingerprint density at radius 2 is 1.95 bits per heavy atom. The van der Waals surface area contributed by atoms with Crippen LogP contribution in [0.5, 0.6) is 0 Å². The standard InChI is InChI=1S/C15H15N5O/c1-11-5-7-12(8-6-11)10-16-15(21)17-14-19-18-13-4-2-3-9-20(13)14/h2-9H,10H2,1H3,(H2,16,17,19,21). The fraction of sp³-hybridized carbons (Fsp3) is 0.133. The van der Waals surface area contributed by atoms with Gasteiger partial charge in [0.2, 0.25) is 5.95 Å². The molecule has 1 aromatic carbocycles. The van der Waals surface area contributed by atoms with Crippen molar-refractivity contribution >= 4 is 17.6 Å². The van der Waals surface area contributed by atoms with E-state index < -0.39 is 0 Å². The number of fused-ring (bicyclic) bond motifs is 1. The largest absolute Gasteiger partial charge is 0.334 e. The molecule has 2 amide bonds. The Hall–Kier alpha value is -2.89. The molecule has 0 saturated heterocycles. The number of nitrogens with one attached hydrogen (secondary N) is 2. The van der Waals surface area contributed by atoms with E-state index in [0.29, 0.717) is 18.1 Å². The van der Waals surface area contributed by atoms with Crippen LogP contribution in [0.15, 0.2) is 48.7 Å². The van der Waals surface area contributed by atoms with Gasteiger partial charge in [-0.3, -0.25) is 9.72 Å². The van der Waals surface area contributed by atoms with Crippen molar-refractivity contribution in [1.82, 2.24) is 19.9 Å². The molecule has 2 aromatic heterocycles. The number of hydrogen-bond donors (Lipinski definition) is 2. The second-order valence-corrected chi connectivity index (χ2v) is 4.75. The van der Waals surface area contributed by atoms with Gasteiger partial charge in [-0.2, -0.15) is 0 Å². The smallest absolute Gasteiger partial charge is 0.321 e. The summed E-state index contributed by atoms with van der Waals surface area (Å²) in [4.78, 5) is 11.9. The monoisotopic (exact) mass is 281 g/mol. The van der Waals surface area contributed by atoms with Crippen LogP contribution in [0.3, 0.4) is 0 Å². The summed E-state index contributed by atoms with van der Waals surface area (Å²) >= 11 is 0. The number of benzene rings is 1. The molecule has 0 unspecified atom stereocenters. The number of carbonyl (C=O) groups excluding carboxylic acids is 1. The molecule has 3 aromatic rings. The van der Waals surface area contributed by atoms with Crippen molar-refractivity contribution in [3.63, 3.8) is 0 Å². The molecular weight excluding hydrogens is 266 g/mol. The van der Waals surface area contributed by atoms with Crippen LogP contribution in [-0.2, 0) is 6.54 Å². The van der Waals surface area contributed by atoms with Gasteiger partial charge in [0.25, 0.3) is 0 Å². The molecule has 106 valence electrons. The Morgan fingerprint density at radius 3 is 2.76 bits per heavy atom. The summed E-state index contributed by atoms with van der Waals surface area (Å²) in [5, 5.41) is 13.4. The van der Waals surface area contributed by atoms with E-state index in [1.165, 1.54) is 5.56 Å². The van der Waals surface area contributed by atoms with Crippen molar-refractivity contribution in [1.29, 1.82) is 0 Å². The van der Waals surface area contributed by atoms with Crippen molar-refractivity contribution in [3.8, 4) is 0 Å². The normalized spacial score (nSPS) is 10.5. The van der Waals surface area contributed by atoms with Crippen LogP contribution in [0.2, 0.25) is 0 Å². The Labute approximate surface area is 121 Å². The molecular formula is C15H15N5O. The second kappa shape index (κ2) is 5.62. The third-order valence-electron chi connectivity index (χ3n) is 3.11. The van der Waals surface area contributed by atoms with E-state index in [1.807, 2.05) is 49.4 Å². The molecule has 3 rings (SSSR count). The lowest BCUT2D eigenvalue weighted by molar-refractivity contribution is 0.251. The summed E-state index contributed by atoms with van der Waals surface area (Å²) in [6.45, 7) is 2.49. The molecule has 0 radical (unpaired) electrons. The Bertz CT molecular complexity index is 763. The minimum atomic E-state index is -0.311. The first-order valence-corrected chi connectivity index (χ1v) is 6.62. The van der Waals surface area contributed by atoms with Crippen molar-refractivity contribution in [2.45, 2.75) is 13.5 Å². The molecule has 2 N–H and O–H groups in total. The SMILES string of the molecule is Cc1ccc(CNC(=O)Nc2nnc3ccccn23)cc1. The van der Waals surface area contributed by atoms with Crippen LogP contribution in [0.25, 0.3) is 5.65 Å². The van der Waals surface area contributed by atoms with E-state index in [-0.39, 0.29) is 6.03 Å². The Balaban J connectivity index is 1.62. The first kappa shape index (κ1) is 13.1. The molecule has 2 heterocycles. The molecule has 0 aliphatic rings. The van der Waals surface area contributed by atoms with Gasteiger partial charge < -0.3 is 5.32 Å². The zero-order chi connectivity index (χ0) is 14.7. The number of hydrogen-bond acceptors (Lipinski definition) is 3. The van der Waals surface area contributed by atoms with E-state index >= 15 is 0 Å². The van der Waals surface area contributed by atoms with Crippen molar-refractivity contribution in [2.75, 3.05) is 5.32 Å². The van der Waals surface area contributed by atoms with Gasteiger partial charge in [-0.05, 0) is 24.6 Å². The van der Waals surface area contributed by atoms with Crippen LogP contribution in [-0.4, -0.2) is 20.6 Å². The number of pyridine rings is 1. The summed E-state index contributed by atoms with van der Waals surface area (Å²) in [5.74, 6) is 0.395. The minimum Gasteiger partial charge on any atom is -0.334 e. The van der Waals surface area contributed by atoms with Gasteiger partial charge in [0.05, 0.1) is 0 Å². The van der Waals surface area contributed by atoms with Crippen molar-refractivity contribution in [2.24, 2.45) is 0 Å². The van der Waals surface area contributed by atoms with Gasteiger partial charge in [-0.1, -0.05) is 35.9 Å². The lowest BCUT2D eigenvalue weighted by atomic mass is 10.1. The molecule has 0 atom stereocenters. The minimum absolute atomic E-state index is 0.311. The fourth-order valence-electron chi connectivity index (χ4n) is 1.96. The van der Waals surface area contributed by atoms with Crippen LogP contribution in [0.1, 0.15) is 11.1 Å². The number of anilines is 1. The molecule has 0 fully saturated rings. The summed E-state index contributed by atoms with van der Waals surface area (Å²) in [6.07, 6.45) is 1.80. The fourth-order valence-corrected chi connectivity index (χ4v) is 1.96. The van der Waals surface area contributed by atoms with E-state index in [4.69, 9.17) is 0 Å². The molecule has 21 heavy (non-hydrogen) atoms. The maximum atomic E-state index is 11.9. The third kappa shape index (κ3) is 3.00. The number of nitrogens with zero attached hydrogens (tertiary/aromatic N) is 3. The van der Waals surface area contributed by atoms with Gasteiger partial charge in [0.1, 0.15) is 0 Å². The average molecular weight is 281 g/mol. The zero-order valence-electron chi connectivity index (χ0n) is 11.6. The highest BCUT2D eigenvalue weighted by molar-refractivity contribution is 5.87. The number of aryl methyl sites for hydroxylation is 1. The average Bonchev–Trinajstić information content (AvgIpc) is 2.90. The number of carbonyl (C=O) groups is 1. The maximum Gasteiger partial charge on any atom is 0.321 e. The van der Waals surface area contributed by atoms with Crippen LogP contribution in [0, 0.1) is 6.92 Å². The summed E-state index contributed by atoms with van der Waals surface area (Å²) in [7, 11) is 0. The predicted molar refractivity (Wildman–Crippen MR) is 80.0 cm³/mol. The van der Waals surface area contributed by atoms with Gasteiger partial charge in [-0.15, -0.1) is 10.2 Å². The predicted octanol–water partition coefficient (Wildman–Crippen LogP) is 2.36. The van der Waals surface area contributed by atoms with Crippen LogP contribution >= 0.6 is 0 Å². The van der Waals surface area contributed by atoms with E-state index in [2.05, 4.69) is 20.8 Å². The first-order valence-electron chi connectivity index (χ1n) is 6.62. The van der Waals surface area contributed by atoms with Gasteiger partial charge in [0, 0.05) is 12.7 Å². The van der Waals surface area contributed by atoms with E-state index in [0.717, 1.165) is 5.56 Å². The number of amides is 2. The van der Waals surface area contributed by atoms with E-state index in [9.17, 15) is 4.79 Å². The second-order valence-electron chi connectivity index (χ2n) is 4.75. The van der Waals surface area contributed by atoms with Crippen LogP contribution < -0.4 is 10.6 Å². The number of rotatable bonds is 3. The first-order chi connectivity index (χ1) is 10.2. The van der Waals surface area contributed by atoms with Gasteiger partial charge in [0.15, 0.2) is 5.65 Å². The molecule has 0 bridgehead atoms. The van der Waals surface area contributed by atoms with Crippen molar-refractivity contribution < 1.29 is 4.79 Å². The highest BCUT2D eigenvalue weighted by atomic mass is 16.2. The van der Waals surface area contributed by atoms with Crippen molar-refractivity contribution in [3.05, 3.63) is 59.8 Å². The summed E-state index contributed by atoms with van der Waals surface area (Å²) in [5.41, 5.74) is 2.92. The maximum absolute atomic E-state index is 11.9. The zero-order valence-corrected chi connectivity index (χ0v) is 11.6. The Morgan fingerprint density at radius 1 is 1.14 bits per heavy atom. The third-order valence-corrected chi connectivity index (χ3v) is 3.11. The quantitative estimate of drug-likeness (QED) is 0.774. The topological polar surface area (TPSA) is 71.3 Å². The highest BCUT2D eigenvalue weighted by Gasteiger charge is 2.08. The highest BCUT2D eigenvalue weighted by Crippen LogP contribution is 2.07. The van der Waals surface area contributed by atoms with E-state index in [1.54, 1.807) is 10.6 Å². The number of aromatic nitrogens is 3. The molecule has 0 saturated carbocycles. The molecule has 6 heteroatoms. The Kier molecular flexibility index (Phi) is 3.51. The molecule has 0 aliphatic heterocycles. The lowest BCUT2D eigenvalue weighted by Crippen LogP contribution is -2.29. The molecule has 0 spiro atoms. The lowest BCUT2D eigenvalue weighted by Gasteiger charge is -2.06. The summed E-state index contributed by atoms with van der Waals surface area (Å²) in [6, 6.07) is 13.2. The van der Waals surface area contributed by atoms with Gasteiger partial charge >= 0.3 is 6.03 Å². The molecule has 6 nitrogen and oxygen atoms in total.